The van der Waals surface area contributed by atoms with Crippen LogP contribution < -0.4 is 5.73 Å². The molecule has 3 N–H and O–H groups in total. The molecule has 1 aliphatic rings. The number of carbonyl (C=O) groups excluding carboxylic acids is 1. The molecule has 0 aliphatic heterocycles. The van der Waals surface area contributed by atoms with Gasteiger partial charge < -0.3 is 15.6 Å². The minimum absolute atomic E-state index is 0.0587. The summed E-state index contributed by atoms with van der Waals surface area (Å²) < 4.78 is 4.65. The summed E-state index contributed by atoms with van der Waals surface area (Å²) in [5.41, 5.74) is 5.61. The third-order valence-electron chi connectivity index (χ3n) is 2.03. The normalized spacial score (nSPS) is 38.2. The maximum atomic E-state index is 9.95. The third kappa shape index (κ3) is 2.17. The Bertz CT molecular complexity index is 140. The molecule has 3 atom stereocenters. The van der Waals surface area contributed by atoms with Gasteiger partial charge >= 0.3 is 0 Å². The molecule has 0 spiro atoms. The van der Waals surface area contributed by atoms with Gasteiger partial charge in [-0.25, -0.2) is 0 Å². The number of hydrogen-bond donors (Lipinski definition) is 2. The molecule has 0 radical (unpaired) electrons. The van der Waals surface area contributed by atoms with Crippen molar-refractivity contribution in [3.63, 3.8) is 0 Å². The molecule has 1 saturated carbocycles. The molecule has 3 unspecified atom stereocenters. The summed E-state index contributed by atoms with van der Waals surface area (Å²) in [6, 6.07) is 0.0587. The standard InChI is InChI=1S/C7H13NO3/c8-5-1-2-6(10)7(3-5)11-4-9/h4-7,10H,1-3,8H2. The van der Waals surface area contributed by atoms with Crippen molar-refractivity contribution in [3.8, 4) is 0 Å². The van der Waals surface area contributed by atoms with Crippen molar-refractivity contribution in [2.24, 2.45) is 5.73 Å². The van der Waals surface area contributed by atoms with Crippen LogP contribution in [-0.2, 0) is 9.53 Å². The number of aliphatic hydroxyl groups is 1. The van der Waals surface area contributed by atoms with Crippen LogP contribution in [0.1, 0.15) is 19.3 Å². The lowest BCUT2D eigenvalue weighted by Gasteiger charge is -2.29. The van der Waals surface area contributed by atoms with Crippen LogP contribution in [0.2, 0.25) is 0 Å². The van der Waals surface area contributed by atoms with E-state index in [0.29, 0.717) is 19.3 Å². The van der Waals surface area contributed by atoms with Gasteiger partial charge in [0, 0.05) is 12.5 Å². The highest BCUT2D eigenvalue weighted by molar-refractivity contribution is 5.37. The van der Waals surface area contributed by atoms with E-state index in [1.165, 1.54) is 0 Å². The van der Waals surface area contributed by atoms with E-state index in [2.05, 4.69) is 4.74 Å². The lowest BCUT2D eigenvalue weighted by Crippen LogP contribution is -2.41. The summed E-state index contributed by atoms with van der Waals surface area (Å²) in [5, 5.41) is 9.28. The van der Waals surface area contributed by atoms with Crippen molar-refractivity contribution < 1.29 is 14.6 Å². The van der Waals surface area contributed by atoms with E-state index in [1.807, 2.05) is 0 Å². The van der Waals surface area contributed by atoms with Crippen LogP contribution in [0.4, 0.5) is 0 Å². The first-order valence-corrected chi connectivity index (χ1v) is 3.76. The Kier molecular flexibility index (Phi) is 2.84. The molecule has 1 aliphatic carbocycles. The maximum Gasteiger partial charge on any atom is 0.293 e. The molecule has 64 valence electrons. The van der Waals surface area contributed by atoms with Gasteiger partial charge in [0.15, 0.2) is 0 Å². The molecule has 1 fully saturated rings. The van der Waals surface area contributed by atoms with Gasteiger partial charge in [0.1, 0.15) is 6.10 Å². The van der Waals surface area contributed by atoms with Crippen molar-refractivity contribution in [1.82, 2.24) is 0 Å². The molecule has 0 aromatic heterocycles. The fourth-order valence-electron chi connectivity index (χ4n) is 1.36. The number of ether oxygens (including phenoxy) is 1. The van der Waals surface area contributed by atoms with Crippen LogP contribution in [0.15, 0.2) is 0 Å². The van der Waals surface area contributed by atoms with E-state index in [4.69, 9.17) is 5.73 Å². The zero-order valence-corrected chi connectivity index (χ0v) is 6.27. The molecule has 4 heteroatoms. The quantitative estimate of drug-likeness (QED) is 0.528. The Balaban J connectivity index is 2.40. The number of hydrogen-bond acceptors (Lipinski definition) is 4. The van der Waals surface area contributed by atoms with Gasteiger partial charge in [-0.05, 0) is 12.8 Å². The summed E-state index contributed by atoms with van der Waals surface area (Å²) >= 11 is 0. The Morgan fingerprint density at radius 1 is 1.55 bits per heavy atom. The predicted octanol–water partition coefficient (Wildman–Crippen LogP) is -0.600. The second-order valence-electron chi connectivity index (χ2n) is 2.91. The lowest BCUT2D eigenvalue weighted by molar-refractivity contribution is -0.142. The first kappa shape index (κ1) is 8.49. The van der Waals surface area contributed by atoms with Gasteiger partial charge in [-0.3, -0.25) is 4.79 Å². The molecule has 0 saturated heterocycles. The van der Waals surface area contributed by atoms with Gasteiger partial charge in [0.25, 0.3) is 6.47 Å². The summed E-state index contributed by atoms with van der Waals surface area (Å²) in [7, 11) is 0. The molecule has 0 bridgehead atoms. The highest BCUT2D eigenvalue weighted by Crippen LogP contribution is 2.19. The van der Waals surface area contributed by atoms with E-state index in [0.717, 1.165) is 6.42 Å². The molecule has 1 rings (SSSR count). The average Bonchev–Trinajstić information content (AvgIpc) is 1.98. The lowest BCUT2D eigenvalue weighted by atomic mass is 9.91. The van der Waals surface area contributed by atoms with Gasteiger partial charge in [0.2, 0.25) is 0 Å². The Labute approximate surface area is 65.3 Å². The Morgan fingerprint density at radius 3 is 2.91 bits per heavy atom. The van der Waals surface area contributed by atoms with Crippen molar-refractivity contribution in [2.45, 2.75) is 37.5 Å². The van der Waals surface area contributed by atoms with Crippen molar-refractivity contribution >= 4 is 6.47 Å². The zero-order chi connectivity index (χ0) is 8.27. The Hall–Kier alpha value is -0.610. The van der Waals surface area contributed by atoms with Gasteiger partial charge in [-0.1, -0.05) is 0 Å². The molecule has 0 heterocycles. The summed E-state index contributed by atoms with van der Waals surface area (Å²) in [6.45, 7) is 0.367. The maximum absolute atomic E-state index is 9.95. The van der Waals surface area contributed by atoms with E-state index in [-0.39, 0.29) is 6.04 Å². The molecule has 4 nitrogen and oxygen atoms in total. The average molecular weight is 159 g/mol. The van der Waals surface area contributed by atoms with Crippen LogP contribution in [0.3, 0.4) is 0 Å². The molecular weight excluding hydrogens is 146 g/mol. The number of aliphatic hydroxyl groups excluding tert-OH is 1. The molecule has 0 aromatic rings. The summed E-state index contributed by atoms with van der Waals surface area (Å²) in [6.07, 6.45) is 1.08. The van der Waals surface area contributed by atoms with Crippen LogP contribution in [-0.4, -0.2) is 29.8 Å². The first-order chi connectivity index (χ1) is 5.24. The highest BCUT2D eigenvalue weighted by Gasteiger charge is 2.28. The van der Waals surface area contributed by atoms with E-state index in [1.54, 1.807) is 0 Å². The molecule has 11 heavy (non-hydrogen) atoms. The van der Waals surface area contributed by atoms with Crippen LogP contribution in [0, 0.1) is 0 Å². The van der Waals surface area contributed by atoms with Crippen LogP contribution >= 0.6 is 0 Å². The predicted molar refractivity (Wildman–Crippen MR) is 38.8 cm³/mol. The Morgan fingerprint density at radius 2 is 2.27 bits per heavy atom. The van der Waals surface area contributed by atoms with E-state index in [9.17, 15) is 9.90 Å². The third-order valence-corrected chi connectivity index (χ3v) is 2.03. The number of carbonyl (C=O) groups is 1. The topological polar surface area (TPSA) is 72.6 Å². The monoisotopic (exact) mass is 159 g/mol. The minimum atomic E-state index is -0.528. The smallest absolute Gasteiger partial charge is 0.293 e. The highest BCUT2D eigenvalue weighted by atomic mass is 16.5. The molecule has 0 aromatic carbocycles. The molecular formula is C7H13NO3. The SMILES string of the molecule is NC1CCC(O)C(OC=O)C1. The van der Waals surface area contributed by atoms with Gasteiger partial charge in [-0.15, -0.1) is 0 Å². The van der Waals surface area contributed by atoms with Crippen molar-refractivity contribution in [2.75, 3.05) is 0 Å². The van der Waals surface area contributed by atoms with E-state index < -0.39 is 12.2 Å². The zero-order valence-electron chi connectivity index (χ0n) is 6.27. The first-order valence-electron chi connectivity index (χ1n) is 3.76. The van der Waals surface area contributed by atoms with Crippen LogP contribution in [0.25, 0.3) is 0 Å². The van der Waals surface area contributed by atoms with Gasteiger partial charge in [0.05, 0.1) is 6.10 Å². The fourth-order valence-corrected chi connectivity index (χ4v) is 1.36. The van der Waals surface area contributed by atoms with Crippen molar-refractivity contribution in [1.29, 1.82) is 0 Å². The van der Waals surface area contributed by atoms with Crippen LogP contribution in [0.5, 0.6) is 0 Å². The number of rotatable bonds is 2. The fraction of sp³-hybridized carbons (Fsp3) is 0.857. The van der Waals surface area contributed by atoms with E-state index >= 15 is 0 Å². The second-order valence-corrected chi connectivity index (χ2v) is 2.91. The van der Waals surface area contributed by atoms with Crippen molar-refractivity contribution in [3.05, 3.63) is 0 Å². The molecule has 0 amide bonds. The summed E-state index contributed by atoms with van der Waals surface area (Å²) in [5.74, 6) is 0. The largest absolute Gasteiger partial charge is 0.462 e. The summed E-state index contributed by atoms with van der Waals surface area (Å²) in [4.78, 5) is 9.95. The van der Waals surface area contributed by atoms with Gasteiger partial charge in [-0.2, -0.15) is 0 Å². The second kappa shape index (κ2) is 3.69. The number of nitrogens with two attached hydrogens (primary N) is 1. The minimum Gasteiger partial charge on any atom is -0.462 e.